The summed E-state index contributed by atoms with van der Waals surface area (Å²) in [6.07, 6.45) is 2.97. The topological polar surface area (TPSA) is 85.0 Å². The Labute approximate surface area is 187 Å². The Morgan fingerprint density at radius 3 is 2.45 bits per heavy atom. The Kier molecular flexibility index (Phi) is 5.41. The Bertz CT molecular complexity index is 938. The van der Waals surface area contributed by atoms with Crippen molar-refractivity contribution in [3.05, 3.63) is 23.8 Å². The second-order valence-corrected chi connectivity index (χ2v) is 9.37. The summed E-state index contributed by atoms with van der Waals surface area (Å²) >= 11 is 5.37. The molecule has 2 saturated heterocycles. The maximum absolute atomic E-state index is 13.5. The van der Waals surface area contributed by atoms with Crippen LogP contribution in [0.2, 0.25) is 0 Å². The molecule has 0 aromatic heterocycles. The van der Waals surface area contributed by atoms with Crippen LogP contribution in [0.3, 0.4) is 0 Å². The van der Waals surface area contributed by atoms with Gasteiger partial charge in [-0.05, 0) is 75.5 Å². The first-order chi connectivity index (χ1) is 14.7. The minimum Gasteiger partial charge on any atom is -0.367 e. The van der Waals surface area contributed by atoms with E-state index >= 15 is 0 Å². The summed E-state index contributed by atoms with van der Waals surface area (Å²) in [5, 5.41) is 6.87. The molecule has 1 spiro atoms. The van der Waals surface area contributed by atoms with E-state index < -0.39 is 23.3 Å². The van der Waals surface area contributed by atoms with Gasteiger partial charge in [0.15, 0.2) is 10.5 Å². The Hall–Kier alpha value is -2.68. The highest BCUT2D eigenvalue weighted by molar-refractivity contribution is 7.80. The number of hydrogen-bond donors (Lipinski definition) is 2. The molecule has 0 bridgehead atoms. The molecule has 8 nitrogen and oxygen atoms in total. The van der Waals surface area contributed by atoms with Gasteiger partial charge >= 0.3 is 6.03 Å². The third kappa shape index (κ3) is 3.35. The molecule has 4 rings (SSSR count). The number of barbiturate groups is 1. The van der Waals surface area contributed by atoms with E-state index in [1.165, 1.54) is 14.1 Å². The number of piperidine rings is 1. The lowest BCUT2D eigenvalue weighted by atomic mass is 9.66. The number of urea groups is 1. The molecule has 0 aliphatic carbocycles. The predicted molar refractivity (Wildman–Crippen MR) is 123 cm³/mol. The quantitative estimate of drug-likeness (QED) is 0.536. The Morgan fingerprint density at radius 2 is 1.81 bits per heavy atom. The van der Waals surface area contributed by atoms with E-state index in [9.17, 15) is 14.4 Å². The normalized spacial score (nSPS) is 22.5. The fraction of sp³-hybridized carbons (Fsp3) is 0.545. The number of benzene rings is 1. The molecule has 1 aromatic rings. The van der Waals surface area contributed by atoms with E-state index in [1.54, 1.807) is 0 Å². The van der Waals surface area contributed by atoms with Gasteiger partial charge in [0.2, 0.25) is 11.8 Å². The highest BCUT2D eigenvalue weighted by Gasteiger charge is 2.63. The van der Waals surface area contributed by atoms with Crippen molar-refractivity contribution in [2.45, 2.75) is 51.6 Å². The van der Waals surface area contributed by atoms with Crippen molar-refractivity contribution in [3.8, 4) is 0 Å². The van der Waals surface area contributed by atoms with Crippen LogP contribution in [0.5, 0.6) is 0 Å². The SMILES string of the molecule is CC(C)NC(=S)Nc1ccc2c(c1)CC1(C(=O)N(C)C(=O)N(C)C1=O)[C@H]1CCCCN21. The molecule has 3 heterocycles. The summed E-state index contributed by atoms with van der Waals surface area (Å²) in [7, 11) is 2.93. The molecule has 2 N–H and O–H groups in total. The maximum Gasteiger partial charge on any atom is 0.332 e. The van der Waals surface area contributed by atoms with Gasteiger partial charge in [0, 0.05) is 38.1 Å². The van der Waals surface area contributed by atoms with E-state index in [4.69, 9.17) is 12.2 Å². The van der Waals surface area contributed by atoms with Gasteiger partial charge in [-0.2, -0.15) is 0 Å². The third-order valence-electron chi connectivity index (χ3n) is 6.55. The van der Waals surface area contributed by atoms with E-state index in [2.05, 4.69) is 15.5 Å². The van der Waals surface area contributed by atoms with Crippen LogP contribution in [0.4, 0.5) is 16.2 Å². The molecule has 4 amide bonds. The van der Waals surface area contributed by atoms with E-state index in [0.717, 1.165) is 52.5 Å². The molecule has 166 valence electrons. The molecule has 0 unspecified atom stereocenters. The van der Waals surface area contributed by atoms with Gasteiger partial charge in [-0.1, -0.05) is 0 Å². The number of thiocarbonyl (C=S) groups is 1. The molecular weight excluding hydrogens is 414 g/mol. The number of hydrogen-bond acceptors (Lipinski definition) is 5. The van der Waals surface area contributed by atoms with Crippen LogP contribution < -0.4 is 15.5 Å². The molecule has 3 aliphatic rings. The van der Waals surface area contributed by atoms with Crippen molar-refractivity contribution < 1.29 is 14.4 Å². The minimum absolute atomic E-state index is 0.205. The molecule has 0 radical (unpaired) electrons. The average molecular weight is 444 g/mol. The summed E-state index contributed by atoms with van der Waals surface area (Å²) in [4.78, 5) is 43.8. The van der Waals surface area contributed by atoms with Crippen LogP contribution in [0.25, 0.3) is 0 Å². The maximum atomic E-state index is 13.5. The standard InChI is InChI=1S/C22H29N5O3S/c1-13(2)23-20(31)24-15-8-9-16-14(11-15)12-22(17-7-5-6-10-27(16)17)18(28)25(3)21(30)26(4)19(22)29/h8-9,11,13,17H,5-7,10,12H2,1-4H3,(H2,23,24,31)/t17-/m1/s1. The van der Waals surface area contributed by atoms with Crippen molar-refractivity contribution in [1.82, 2.24) is 15.1 Å². The first kappa shape index (κ1) is 21.5. The number of anilines is 2. The van der Waals surface area contributed by atoms with Gasteiger partial charge in [-0.25, -0.2) is 4.79 Å². The third-order valence-corrected chi connectivity index (χ3v) is 6.77. The van der Waals surface area contributed by atoms with Gasteiger partial charge < -0.3 is 15.5 Å². The van der Waals surface area contributed by atoms with Crippen LogP contribution >= 0.6 is 12.2 Å². The molecule has 3 aliphatic heterocycles. The lowest BCUT2D eigenvalue weighted by Gasteiger charge is -2.54. The monoisotopic (exact) mass is 443 g/mol. The number of fused-ring (bicyclic) bond motifs is 4. The smallest absolute Gasteiger partial charge is 0.332 e. The molecule has 9 heteroatoms. The van der Waals surface area contributed by atoms with E-state index in [-0.39, 0.29) is 18.5 Å². The summed E-state index contributed by atoms with van der Waals surface area (Å²) in [6, 6.07) is 5.35. The van der Waals surface area contributed by atoms with Crippen molar-refractivity contribution in [2.75, 3.05) is 30.9 Å². The summed E-state index contributed by atoms with van der Waals surface area (Å²) in [6.45, 7) is 4.80. The molecule has 2 fully saturated rings. The van der Waals surface area contributed by atoms with E-state index in [1.807, 2.05) is 32.0 Å². The molecule has 31 heavy (non-hydrogen) atoms. The lowest BCUT2D eigenvalue weighted by Crippen LogP contribution is -2.72. The molecular formula is C22H29N5O3S. The summed E-state index contributed by atoms with van der Waals surface area (Å²) in [5.41, 5.74) is 1.47. The van der Waals surface area contributed by atoms with Crippen molar-refractivity contribution in [2.24, 2.45) is 5.41 Å². The highest BCUT2D eigenvalue weighted by atomic mass is 32.1. The zero-order valence-electron chi connectivity index (χ0n) is 18.4. The van der Waals surface area contributed by atoms with Crippen molar-refractivity contribution >= 4 is 46.6 Å². The van der Waals surface area contributed by atoms with Crippen LogP contribution in [0.1, 0.15) is 38.7 Å². The average Bonchev–Trinajstić information content (AvgIpc) is 2.74. The van der Waals surface area contributed by atoms with Crippen LogP contribution in [0.15, 0.2) is 18.2 Å². The summed E-state index contributed by atoms with van der Waals surface area (Å²) in [5.74, 6) is -0.808. The number of imide groups is 2. The van der Waals surface area contributed by atoms with Gasteiger partial charge in [0.05, 0.1) is 6.04 Å². The second kappa shape index (κ2) is 7.78. The predicted octanol–water partition coefficient (Wildman–Crippen LogP) is 2.33. The number of nitrogens with zero attached hydrogens (tertiary/aromatic N) is 3. The van der Waals surface area contributed by atoms with Crippen LogP contribution in [-0.2, 0) is 16.0 Å². The van der Waals surface area contributed by atoms with Crippen LogP contribution in [-0.4, -0.2) is 65.5 Å². The highest BCUT2D eigenvalue weighted by Crippen LogP contribution is 2.49. The first-order valence-electron chi connectivity index (χ1n) is 10.7. The second-order valence-electron chi connectivity index (χ2n) is 8.96. The molecule has 1 atom stereocenters. The van der Waals surface area contributed by atoms with Gasteiger partial charge in [-0.3, -0.25) is 19.4 Å². The fourth-order valence-electron chi connectivity index (χ4n) is 5.19. The van der Waals surface area contributed by atoms with Gasteiger partial charge in [-0.15, -0.1) is 0 Å². The van der Waals surface area contributed by atoms with Gasteiger partial charge in [0.1, 0.15) is 0 Å². The fourth-order valence-corrected chi connectivity index (χ4v) is 5.54. The Morgan fingerprint density at radius 1 is 1.13 bits per heavy atom. The van der Waals surface area contributed by atoms with Crippen LogP contribution in [0, 0.1) is 5.41 Å². The first-order valence-corrected chi connectivity index (χ1v) is 11.1. The number of carbonyl (C=O) groups excluding carboxylic acids is 3. The zero-order chi connectivity index (χ0) is 22.5. The van der Waals surface area contributed by atoms with Crippen molar-refractivity contribution in [3.63, 3.8) is 0 Å². The number of rotatable bonds is 2. The minimum atomic E-state index is -1.29. The molecule has 1 aromatic carbocycles. The lowest BCUT2D eigenvalue weighted by molar-refractivity contribution is -0.159. The zero-order valence-corrected chi connectivity index (χ0v) is 19.2. The molecule has 0 saturated carbocycles. The van der Waals surface area contributed by atoms with E-state index in [0.29, 0.717) is 5.11 Å². The summed E-state index contributed by atoms with van der Waals surface area (Å²) < 4.78 is 0. The number of amides is 4. The van der Waals surface area contributed by atoms with Gasteiger partial charge in [0.25, 0.3) is 0 Å². The number of carbonyl (C=O) groups is 3. The largest absolute Gasteiger partial charge is 0.367 e. The Balaban J connectivity index is 1.77. The van der Waals surface area contributed by atoms with Crippen molar-refractivity contribution in [1.29, 1.82) is 0 Å². The number of nitrogens with one attached hydrogen (secondary N) is 2.